The van der Waals surface area contributed by atoms with Gasteiger partial charge in [0.2, 0.25) is 0 Å². The van der Waals surface area contributed by atoms with E-state index in [0.29, 0.717) is 0 Å². The minimum Gasteiger partial charge on any atom is -0.325 e. The Labute approximate surface area is 87.4 Å². The Kier molecular flexibility index (Phi) is 2.12. The smallest absolute Gasteiger partial charge is 0.0183 e. The Balaban J connectivity index is 1.89. The Morgan fingerprint density at radius 1 is 0.786 bits per heavy atom. The van der Waals surface area contributed by atoms with E-state index in [1.165, 1.54) is 57.8 Å². The topological polar surface area (TPSA) is 26.0 Å². The zero-order valence-corrected chi connectivity index (χ0v) is 9.17. The summed E-state index contributed by atoms with van der Waals surface area (Å²) in [5.41, 5.74) is 6.87. The lowest BCUT2D eigenvalue weighted by Gasteiger charge is -2.42. The van der Waals surface area contributed by atoms with Gasteiger partial charge in [0.15, 0.2) is 0 Å². The molecule has 1 nitrogen and oxygen atoms in total. The molecule has 0 aromatic heterocycles. The standard InChI is InChI=1S/C13H23N/c14-13-7-5-11(6-8-13)9-10-1-3-12(13)4-2-10/h10-12H,1-9,14H2. The first kappa shape index (κ1) is 9.21. The zero-order valence-electron chi connectivity index (χ0n) is 9.17. The molecule has 1 heteroatoms. The van der Waals surface area contributed by atoms with E-state index in [0.717, 1.165) is 17.8 Å². The van der Waals surface area contributed by atoms with Crippen molar-refractivity contribution in [2.24, 2.45) is 23.5 Å². The lowest BCUT2D eigenvalue weighted by atomic mass is 9.68. The molecule has 6 saturated carbocycles. The van der Waals surface area contributed by atoms with E-state index in [2.05, 4.69) is 0 Å². The fraction of sp³-hybridized carbons (Fsp3) is 1.00. The fourth-order valence-corrected chi connectivity index (χ4v) is 4.30. The molecule has 6 fully saturated rings. The van der Waals surface area contributed by atoms with Crippen molar-refractivity contribution in [2.45, 2.75) is 63.3 Å². The van der Waals surface area contributed by atoms with Crippen LogP contribution >= 0.6 is 0 Å². The van der Waals surface area contributed by atoms with Crippen LogP contribution in [-0.4, -0.2) is 5.54 Å². The van der Waals surface area contributed by atoms with Crippen LogP contribution < -0.4 is 5.73 Å². The van der Waals surface area contributed by atoms with Crippen LogP contribution in [0.1, 0.15) is 57.8 Å². The highest BCUT2D eigenvalue weighted by Gasteiger charge is 2.42. The Morgan fingerprint density at radius 2 is 1.36 bits per heavy atom. The SMILES string of the molecule is NC12CCC(CC1)CC1CCC2CC1. The molecule has 0 aromatic carbocycles. The van der Waals surface area contributed by atoms with Crippen LogP contribution in [0.2, 0.25) is 0 Å². The van der Waals surface area contributed by atoms with Crippen molar-refractivity contribution >= 4 is 0 Å². The van der Waals surface area contributed by atoms with Gasteiger partial charge in [0.25, 0.3) is 0 Å². The molecule has 0 heterocycles. The van der Waals surface area contributed by atoms with Crippen molar-refractivity contribution in [1.29, 1.82) is 0 Å². The van der Waals surface area contributed by atoms with Crippen molar-refractivity contribution in [3.05, 3.63) is 0 Å². The zero-order chi connectivity index (χ0) is 9.60. The number of nitrogens with two attached hydrogens (primary N) is 1. The minimum absolute atomic E-state index is 0.256. The number of hydrogen-bond acceptors (Lipinski definition) is 1. The van der Waals surface area contributed by atoms with Gasteiger partial charge in [-0.1, -0.05) is 12.8 Å². The predicted molar refractivity (Wildman–Crippen MR) is 58.9 cm³/mol. The third-order valence-electron chi connectivity index (χ3n) is 5.36. The summed E-state index contributed by atoms with van der Waals surface area (Å²) < 4.78 is 0. The molecule has 14 heavy (non-hydrogen) atoms. The average molecular weight is 193 g/mol. The van der Waals surface area contributed by atoms with Crippen LogP contribution in [0.25, 0.3) is 0 Å². The quantitative estimate of drug-likeness (QED) is 0.628. The molecule has 0 aromatic rings. The average Bonchev–Trinajstić information content (AvgIpc) is 2.38. The van der Waals surface area contributed by atoms with E-state index in [1.807, 2.05) is 0 Å². The third kappa shape index (κ3) is 1.41. The molecular formula is C13H23N. The summed E-state index contributed by atoms with van der Waals surface area (Å²) in [6.07, 6.45) is 12.9. The normalized spacial score (nSPS) is 52.5. The molecule has 0 atom stereocenters. The molecule has 4 bridgehead atoms. The molecule has 0 saturated heterocycles. The van der Waals surface area contributed by atoms with E-state index >= 15 is 0 Å². The van der Waals surface area contributed by atoms with Gasteiger partial charge in [-0.05, 0) is 62.7 Å². The summed E-state index contributed by atoms with van der Waals surface area (Å²) in [5, 5.41) is 0. The molecule has 6 aliphatic carbocycles. The van der Waals surface area contributed by atoms with Crippen LogP contribution in [-0.2, 0) is 0 Å². The van der Waals surface area contributed by atoms with Gasteiger partial charge in [-0.3, -0.25) is 0 Å². The van der Waals surface area contributed by atoms with Gasteiger partial charge < -0.3 is 5.73 Å². The summed E-state index contributed by atoms with van der Waals surface area (Å²) >= 11 is 0. The number of hydrogen-bond donors (Lipinski definition) is 1. The van der Waals surface area contributed by atoms with Crippen molar-refractivity contribution in [3.8, 4) is 0 Å². The molecular weight excluding hydrogens is 170 g/mol. The predicted octanol–water partition coefficient (Wildman–Crippen LogP) is 3.08. The van der Waals surface area contributed by atoms with E-state index < -0.39 is 0 Å². The molecule has 0 aliphatic heterocycles. The second-order valence-corrected chi connectivity index (χ2v) is 6.13. The van der Waals surface area contributed by atoms with Gasteiger partial charge in [0.05, 0.1) is 0 Å². The van der Waals surface area contributed by atoms with E-state index in [4.69, 9.17) is 5.73 Å². The molecule has 2 N–H and O–H groups in total. The second-order valence-electron chi connectivity index (χ2n) is 6.13. The van der Waals surface area contributed by atoms with Gasteiger partial charge in [-0.25, -0.2) is 0 Å². The van der Waals surface area contributed by atoms with Crippen molar-refractivity contribution in [3.63, 3.8) is 0 Å². The lowest BCUT2D eigenvalue weighted by Crippen LogP contribution is -2.49. The summed E-state index contributed by atoms with van der Waals surface area (Å²) in [5.74, 6) is 2.98. The van der Waals surface area contributed by atoms with Crippen LogP contribution in [0, 0.1) is 17.8 Å². The molecule has 6 rings (SSSR count). The molecule has 80 valence electrons. The first-order chi connectivity index (χ1) is 6.76. The summed E-state index contributed by atoms with van der Waals surface area (Å²) in [4.78, 5) is 0. The summed E-state index contributed by atoms with van der Waals surface area (Å²) in [6.45, 7) is 0. The Morgan fingerprint density at radius 3 is 2.00 bits per heavy atom. The van der Waals surface area contributed by atoms with Crippen molar-refractivity contribution in [2.75, 3.05) is 0 Å². The largest absolute Gasteiger partial charge is 0.325 e. The van der Waals surface area contributed by atoms with Gasteiger partial charge in [-0.15, -0.1) is 0 Å². The highest BCUT2D eigenvalue weighted by molar-refractivity contribution is 4.99. The molecule has 0 amide bonds. The first-order valence-electron chi connectivity index (χ1n) is 6.55. The van der Waals surface area contributed by atoms with Crippen LogP contribution in [0.5, 0.6) is 0 Å². The van der Waals surface area contributed by atoms with E-state index in [9.17, 15) is 0 Å². The van der Waals surface area contributed by atoms with Gasteiger partial charge >= 0.3 is 0 Å². The van der Waals surface area contributed by atoms with E-state index in [-0.39, 0.29) is 5.54 Å². The Bertz CT molecular complexity index is 207. The molecule has 0 radical (unpaired) electrons. The highest BCUT2D eigenvalue weighted by Crippen LogP contribution is 2.48. The summed E-state index contributed by atoms with van der Waals surface area (Å²) in [7, 11) is 0. The summed E-state index contributed by atoms with van der Waals surface area (Å²) in [6, 6.07) is 0. The molecule has 6 aliphatic rings. The van der Waals surface area contributed by atoms with Crippen molar-refractivity contribution < 1.29 is 0 Å². The minimum atomic E-state index is 0.256. The van der Waals surface area contributed by atoms with E-state index in [1.54, 1.807) is 0 Å². The van der Waals surface area contributed by atoms with Crippen LogP contribution in [0.4, 0.5) is 0 Å². The maximum absolute atomic E-state index is 6.61. The monoisotopic (exact) mass is 193 g/mol. The van der Waals surface area contributed by atoms with Gasteiger partial charge in [0.1, 0.15) is 0 Å². The molecule has 0 unspecified atom stereocenters. The van der Waals surface area contributed by atoms with Crippen LogP contribution in [0.3, 0.4) is 0 Å². The van der Waals surface area contributed by atoms with Crippen molar-refractivity contribution in [1.82, 2.24) is 0 Å². The van der Waals surface area contributed by atoms with Gasteiger partial charge in [0, 0.05) is 5.54 Å². The third-order valence-corrected chi connectivity index (χ3v) is 5.36. The van der Waals surface area contributed by atoms with Crippen LogP contribution in [0.15, 0.2) is 0 Å². The fourth-order valence-electron chi connectivity index (χ4n) is 4.30. The second kappa shape index (κ2) is 3.23. The number of rotatable bonds is 0. The molecule has 0 spiro atoms. The van der Waals surface area contributed by atoms with Gasteiger partial charge in [-0.2, -0.15) is 0 Å². The lowest BCUT2D eigenvalue weighted by molar-refractivity contribution is 0.150. The Hall–Kier alpha value is -0.0400. The first-order valence-corrected chi connectivity index (χ1v) is 6.55. The highest BCUT2D eigenvalue weighted by atomic mass is 14.8. The maximum atomic E-state index is 6.61. The maximum Gasteiger partial charge on any atom is 0.0183 e.